The minimum Gasteiger partial charge on any atom is -0.292 e. The molecule has 0 saturated heterocycles. The van der Waals surface area contributed by atoms with Crippen LogP contribution in [0.2, 0.25) is 10.0 Å². The van der Waals surface area contributed by atoms with Crippen LogP contribution in [-0.2, 0) is 6.42 Å². The molecular formula is C13H8Cl2FNO. The van der Waals surface area contributed by atoms with Crippen LogP contribution >= 0.6 is 23.2 Å². The normalized spacial score (nSPS) is 10.4. The van der Waals surface area contributed by atoms with Crippen LogP contribution in [0.5, 0.6) is 0 Å². The van der Waals surface area contributed by atoms with Gasteiger partial charge in [0.2, 0.25) is 0 Å². The summed E-state index contributed by atoms with van der Waals surface area (Å²) in [7, 11) is 0. The first kappa shape index (κ1) is 13.0. The van der Waals surface area contributed by atoms with Crippen LogP contribution in [0.25, 0.3) is 0 Å². The maximum atomic E-state index is 13.6. The second-order valence-electron chi connectivity index (χ2n) is 3.65. The van der Waals surface area contributed by atoms with E-state index < -0.39 is 5.82 Å². The molecule has 0 bridgehead atoms. The van der Waals surface area contributed by atoms with Crippen LogP contribution in [-0.4, -0.2) is 10.8 Å². The lowest BCUT2D eigenvalue weighted by Crippen LogP contribution is -2.08. The van der Waals surface area contributed by atoms with Crippen LogP contribution < -0.4 is 0 Å². The highest BCUT2D eigenvalue weighted by Gasteiger charge is 2.15. The van der Waals surface area contributed by atoms with Crippen molar-refractivity contribution in [3.63, 3.8) is 0 Å². The van der Waals surface area contributed by atoms with Crippen molar-refractivity contribution in [2.24, 2.45) is 0 Å². The molecule has 2 rings (SSSR count). The van der Waals surface area contributed by atoms with Crippen LogP contribution in [0, 0.1) is 5.82 Å². The van der Waals surface area contributed by atoms with E-state index in [4.69, 9.17) is 23.2 Å². The molecule has 0 aliphatic rings. The number of hydrogen-bond acceptors (Lipinski definition) is 2. The third-order valence-corrected chi connectivity index (χ3v) is 3.00. The highest BCUT2D eigenvalue weighted by molar-refractivity contribution is 6.33. The molecule has 0 aliphatic heterocycles. The Balaban J connectivity index is 2.27. The fourth-order valence-electron chi connectivity index (χ4n) is 1.53. The van der Waals surface area contributed by atoms with E-state index in [1.54, 1.807) is 18.2 Å². The van der Waals surface area contributed by atoms with Gasteiger partial charge in [-0.15, -0.1) is 0 Å². The minimum absolute atomic E-state index is 0.00702. The lowest BCUT2D eigenvalue weighted by atomic mass is 10.1. The molecule has 1 aromatic carbocycles. The predicted octanol–water partition coefficient (Wildman–Crippen LogP) is 3.95. The van der Waals surface area contributed by atoms with Crippen molar-refractivity contribution in [3.8, 4) is 0 Å². The summed E-state index contributed by atoms with van der Waals surface area (Å²) in [6, 6.07) is 7.72. The first-order valence-electron chi connectivity index (χ1n) is 5.16. The number of pyridine rings is 1. The van der Waals surface area contributed by atoms with E-state index in [2.05, 4.69) is 4.98 Å². The lowest BCUT2D eigenvalue weighted by molar-refractivity contribution is 0.0987. The Morgan fingerprint density at radius 2 is 1.89 bits per heavy atom. The summed E-state index contributed by atoms with van der Waals surface area (Å²) in [5.74, 6) is -0.929. The van der Waals surface area contributed by atoms with Crippen molar-refractivity contribution in [2.75, 3.05) is 0 Å². The summed E-state index contributed by atoms with van der Waals surface area (Å²) in [5.41, 5.74) is 0.368. The number of rotatable bonds is 3. The van der Waals surface area contributed by atoms with Crippen LogP contribution in [0.1, 0.15) is 16.1 Å². The molecule has 0 fully saturated rings. The van der Waals surface area contributed by atoms with Gasteiger partial charge in [0.05, 0.1) is 10.0 Å². The molecule has 0 amide bonds. The predicted molar refractivity (Wildman–Crippen MR) is 68.7 cm³/mol. The molecule has 1 aromatic heterocycles. The zero-order valence-electron chi connectivity index (χ0n) is 9.16. The summed E-state index contributed by atoms with van der Waals surface area (Å²) >= 11 is 11.5. The summed E-state index contributed by atoms with van der Waals surface area (Å²) < 4.78 is 13.6. The van der Waals surface area contributed by atoms with E-state index in [0.717, 1.165) is 0 Å². The van der Waals surface area contributed by atoms with Crippen molar-refractivity contribution in [1.29, 1.82) is 0 Å². The van der Waals surface area contributed by atoms with E-state index in [0.29, 0.717) is 0 Å². The summed E-state index contributed by atoms with van der Waals surface area (Å²) in [6.45, 7) is 0. The number of carbonyl (C=O) groups is 1. The Morgan fingerprint density at radius 3 is 2.61 bits per heavy atom. The van der Waals surface area contributed by atoms with Crippen LogP contribution in [0.15, 0.2) is 36.5 Å². The number of ketones is 1. The lowest BCUT2D eigenvalue weighted by Gasteiger charge is -2.04. The Hall–Kier alpha value is -1.45. The van der Waals surface area contributed by atoms with Gasteiger partial charge in [0.1, 0.15) is 11.5 Å². The van der Waals surface area contributed by atoms with E-state index in [1.807, 2.05) is 0 Å². The van der Waals surface area contributed by atoms with Crippen molar-refractivity contribution in [3.05, 3.63) is 63.6 Å². The second-order valence-corrected chi connectivity index (χ2v) is 4.46. The van der Waals surface area contributed by atoms with Gasteiger partial charge in [-0.05, 0) is 23.8 Å². The molecule has 92 valence electrons. The molecule has 2 aromatic rings. The molecule has 0 spiro atoms. The smallest absolute Gasteiger partial charge is 0.187 e. The van der Waals surface area contributed by atoms with Gasteiger partial charge >= 0.3 is 0 Å². The zero-order chi connectivity index (χ0) is 13.1. The highest BCUT2D eigenvalue weighted by atomic mass is 35.5. The van der Waals surface area contributed by atoms with Gasteiger partial charge < -0.3 is 0 Å². The fourth-order valence-corrected chi connectivity index (χ4v) is 1.95. The van der Waals surface area contributed by atoms with E-state index >= 15 is 0 Å². The Labute approximate surface area is 113 Å². The topological polar surface area (TPSA) is 30.0 Å². The molecule has 0 N–H and O–H groups in total. The standard InChI is InChI=1S/C13H8Cl2FNO/c14-9-4-1-3-8(12(9)16)7-11(18)13-10(15)5-2-6-17-13/h1-6H,7H2. The number of Topliss-reactive ketones (excluding diaryl/α,β-unsaturated/α-hetero) is 1. The number of nitrogens with zero attached hydrogens (tertiary/aromatic N) is 1. The van der Waals surface area contributed by atoms with Gasteiger partial charge in [0, 0.05) is 12.6 Å². The van der Waals surface area contributed by atoms with Crippen LogP contribution in [0.4, 0.5) is 4.39 Å². The summed E-state index contributed by atoms with van der Waals surface area (Å²) in [6.07, 6.45) is 1.34. The molecule has 2 nitrogen and oxygen atoms in total. The first-order valence-corrected chi connectivity index (χ1v) is 5.92. The number of aromatic nitrogens is 1. The highest BCUT2D eigenvalue weighted by Crippen LogP contribution is 2.20. The zero-order valence-corrected chi connectivity index (χ0v) is 10.7. The van der Waals surface area contributed by atoms with Crippen molar-refractivity contribution in [1.82, 2.24) is 4.98 Å². The van der Waals surface area contributed by atoms with Crippen LogP contribution in [0.3, 0.4) is 0 Å². The van der Waals surface area contributed by atoms with Gasteiger partial charge in [-0.25, -0.2) is 4.39 Å². The number of halogens is 3. The Morgan fingerprint density at radius 1 is 1.17 bits per heavy atom. The van der Waals surface area contributed by atoms with Gasteiger partial charge in [-0.1, -0.05) is 35.3 Å². The van der Waals surface area contributed by atoms with Gasteiger partial charge in [-0.3, -0.25) is 9.78 Å². The first-order chi connectivity index (χ1) is 8.59. The minimum atomic E-state index is -0.584. The molecule has 0 aliphatic carbocycles. The number of hydrogen-bond donors (Lipinski definition) is 0. The summed E-state index contributed by atoms with van der Waals surface area (Å²) in [4.78, 5) is 15.8. The molecule has 0 saturated carbocycles. The molecule has 1 heterocycles. The summed E-state index contributed by atoms with van der Waals surface area (Å²) in [5, 5.41) is 0.248. The molecule has 5 heteroatoms. The quantitative estimate of drug-likeness (QED) is 0.799. The maximum Gasteiger partial charge on any atom is 0.187 e. The average Bonchev–Trinajstić information content (AvgIpc) is 2.35. The van der Waals surface area contributed by atoms with Crippen molar-refractivity contribution in [2.45, 2.75) is 6.42 Å². The Bertz CT molecular complexity index is 601. The van der Waals surface area contributed by atoms with Gasteiger partial charge in [0.15, 0.2) is 5.78 Å². The van der Waals surface area contributed by atoms with E-state index in [-0.39, 0.29) is 33.5 Å². The molecule has 0 unspecified atom stereocenters. The van der Waals surface area contributed by atoms with E-state index in [1.165, 1.54) is 18.3 Å². The van der Waals surface area contributed by atoms with Crippen molar-refractivity contribution >= 4 is 29.0 Å². The number of benzene rings is 1. The molecule has 0 radical (unpaired) electrons. The fraction of sp³-hybridized carbons (Fsp3) is 0.0769. The molecular weight excluding hydrogens is 276 g/mol. The third kappa shape index (κ3) is 2.68. The SMILES string of the molecule is O=C(Cc1cccc(Cl)c1F)c1ncccc1Cl. The second kappa shape index (κ2) is 5.46. The van der Waals surface area contributed by atoms with Gasteiger partial charge in [-0.2, -0.15) is 0 Å². The van der Waals surface area contributed by atoms with E-state index in [9.17, 15) is 9.18 Å². The van der Waals surface area contributed by atoms with Crippen molar-refractivity contribution < 1.29 is 9.18 Å². The average molecular weight is 284 g/mol. The Kier molecular flexibility index (Phi) is 3.94. The molecule has 18 heavy (non-hydrogen) atoms. The number of carbonyl (C=O) groups excluding carboxylic acids is 1. The largest absolute Gasteiger partial charge is 0.292 e. The van der Waals surface area contributed by atoms with Gasteiger partial charge in [0.25, 0.3) is 0 Å². The third-order valence-electron chi connectivity index (χ3n) is 2.41. The monoisotopic (exact) mass is 283 g/mol. The maximum absolute atomic E-state index is 13.6. The molecule has 0 atom stereocenters.